The molecule has 0 radical (unpaired) electrons. The van der Waals surface area contributed by atoms with Gasteiger partial charge >= 0.3 is 0 Å². The molecule has 0 saturated heterocycles. The number of aliphatic hydroxyl groups excluding tert-OH is 1. The van der Waals surface area contributed by atoms with Gasteiger partial charge in [-0.2, -0.15) is 11.8 Å². The van der Waals surface area contributed by atoms with Gasteiger partial charge in [0.1, 0.15) is 0 Å². The van der Waals surface area contributed by atoms with Gasteiger partial charge in [-0.1, -0.05) is 29.3 Å². The maximum atomic E-state index is 9.30. The summed E-state index contributed by atoms with van der Waals surface area (Å²) in [5.74, 6) is 1.66. The molecular weight excluding hydrogens is 206 g/mol. The van der Waals surface area contributed by atoms with Gasteiger partial charge in [-0.25, -0.2) is 0 Å². The molecular formula is C12H19NOS. The van der Waals surface area contributed by atoms with Crippen LogP contribution in [-0.4, -0.2) is 23.5 Å². The molecule has 1 rings (SSSR count). The number of aliphatic hydroxyl groups is 1. The lowest BCUT2D eigenvalue weighted by molar-refractivity contribution is 0.208. The minimum atomic E-state index is -0.374. The largest absolute Gasteiger partial charge is 0.391 e. The van der Waals surface area contributed by atoms with Crippen molar-refractivity contribution < 1.29 is 5.11 Å². The molecule has 15 heavy (non-hydrogen) atoms. The predicted octanol–water partition coefficient (Wildman–Crippen LogP) is 1.86. The standard InChI is InChI=1S/C12H19NOS/c1-9-3-10(2)5-11(4-9)7-15-8-12(14)6-13/h3-5,12,14H,6-8,13H2,1-2H3. The Morgan fingerprint density at radius 2 is 1.87 bits per heavy atom. The fraction of sp³-hybridized carbons (Fsp3) is 0.500. The molecule has 1 atom stereocenters. The molecule has 0 fully saturated rings. The van der Waals surface area contributed by atoms with Crippen LogP contribution in [0.1, 0.15) is 16.7 Å². The lowest BCUT2D eigenvalue weighted by Crippen LogP contribution is -2.21. The van der Waals surface area contributed by atoms with E-state index in [4.69, 9.17) is 5.73 Å². The highest BCUT2D eigenvalue weighted by atomic mass is 32.2. The van der Waals surface area contributed by atoms with E-state index in [2.05, 4.69) is 32.0 Å². The lowest BCUT2D eigenvalue weighted by atomic mass is 10.1. The highest BCUT2D eigenvalue weighted by Crippen LogP contribution is 2.16. The number of hydrogen-bond acceptors (Lipinski definition) is 3. The van der Waals surface area contributed by atoms with Crippen molar-refractivity contribution in [1.29, 1.82) is 0 Å². The lowest BCUT2D eigenvalue weighted by Gasteiger charge is -2.08. The van der Waals surface area contributed by atoms with Crippen LogP contribution in [0.15, 0.2) is 18.2 Å². The van der Waals surface area contributed by atoms with E-state index in [0.29, 0.717) is 12.3 Å². The summed E-state index contributed by atoms with van der Waals surface area (Å²) in [6.45, 7) is 4.56. The summed E-state index contributed by atoms with van der Waals surface area (Å²) < 4.78 is 0. The summed E-state index contributed by atoms with van der Waals surface area (Å²) in [7, 11) is 0. The molecule has 0 aliphatic carbocycles. The van der Waals surface area contributed by atoms with Gasteiger partial charge in [0.2, 0.25) is 0 Å². The van der Waals surface area contributed by atoms with E-state index in [-0.39, 0.29) is 6.10 Å². The first kappa shape index (κ1) is 12.6. The minimum absolute atomic E-state index is 0.347. The third-order valence-electron chi connectivity index (χ3n) is 2.13. The van der Waals surface area contributed by atoms with Crippen molar-refractivity contribution in [2.45, 2.75) is 25.7 Å². The summed E-state index contributed by atoms with van der Waals surface area (Å²) in [6.07, 6.45) is -0.374. The third-order valence-corrected chi connectivity index (χ3v) is 3.29. The maximum Gasteiger partial charge on any atom is 0.0752 e. The van der Waals surface area contributed by atoms with E-state index in [1.165, 1.54) is 16.7 Å². The molecule has 0 saturated carbocycles. The van der Waals surface area contributed by atoms with Gasteiger partial charge in [-0.05, 0) is 19.4 Å². The zero-order valence-corrected chi connectivity index (χ0v) is 10.2. The summed E-state index contributed by atoms with van der Waals surface area (Å²) >= 11 is 1.73. The average Bonchev–Trinajstić information content (AvgIpc) is 2.16. The van der Waals surface area contributed by atoms with Crippen LogP contribution in [0, 0.1) is 13.8 Å². The molecule has 1 unspecified atom stereocenters. The third kappa shape index (κ3) is 4.69. The maximum absolute atomic E-state index is 9.30. The first-order chi connectivity index (χ1) is 7.11. The van der Waals surface area contributed by atoms with Gasteiger partial charge in [0.25, 0.3) is 0 Å². The molecule has 0 bridgehead atoms. The van der Waals surface area contributed by atoms with Crippen LogP contribution in [-0.2, 0) is 5.75 Å². The van der Waals surface area contributed by atoms with Gasteiger partial charge in [-0.3, -0.25) is 0 Å². The smallest absolute Gasteiger partial charge is 0.0752 e. The van der Waals surface area contributed by atoms with Crippen molar-refractivity contribution in [1.82, 2.24) is 0 Å². The molecule has 2 nitrogen and oxygen atoms in total. The predicted molar refractivity (Wildman–Crippen MR) is 67.1 cm³/mol. The van der Waals surface area contributed by atoms with Crippen LogP contribution in [0.2, 0.25) is 0 Å². The number of aryl methyl sites for hydroxylation is 2. The van der Waals surface area contributed by atoms with Crippen LogP contribution in [0.5, 0.6) is 0 Å². The Kier molecular flexibility index (Phi) is 5.15. The van der Waals surface area contributed by atoms with E-state index < -0.39 is 0 Å². The second-order valence-electron chi connectivity index (χ2n) is 3.90. The summed E-state index contributed by atoms with van der Waals surface area (Å²) in [5.41, 5.74) is 9.25. The van der Waals surface area contributed by atoms with Crippen molar-refractivity contribution in [3.63, 3.8) is 0 Å². The minimum Gasteiger partial charge on any atom is -0.391 e. The van der Waals surface area contributed by atoms with Gasteiger partial charge in [0, 0.05) is 18.1 Å². The van der Waals surface area contributed by atoms with E-state index in [9.17, 15) is 5.11 Å². The van der Waals surface area contributed by atoms with Crippen molar-refractivity contribution in [3.8, 4) is 0 Å². The molecule has 0 aliphatic heterocycles. The number of benzene rings is 1. The average molecular weight is 225 g/mol. The topological polar surface area (TPSA) is 46.2 Å². The van der Waals surface area contributed by atoms with E-state index >= 15 is 0 Å². The normalized spacial score (nSPS) is 12.8. The molecule has 0 aromatic heterocycles. The summed E-state index contributed by atoms with van der Waals surface area (Å²) in [5, 5.41) is 9.30. The monoisotopic (exact) mass is 225 g/mol. The first-order valence-corrected chi connectivity index (χ1v) is 6.30. The molecule has 1 aromatic rings. The molecule has 3 N–H and O–H groups in total. The fourth-order valence-corrected chi connectivity index (χ4v) is 2.46. The van der Waals surface area contributed by atoms with Crippen LogP contribution >= 0.6 is 11.8 Å². The quantitative estimate of drug-likeness (QED) is 0.804. The van der Waals surface area contributed by atoms with Gasteiger partial charge in [0.15, 0.2) is 0 Å². The van der Waals surface area contributed by atoms with Gasteiger partial charge in [-0.15, -0.1) is 0 Å². The Morgan fingerprint density at radius 3 is 2.40 bits per heavy atom. The van der Waals surface area contributed by atoms with Gasteiger partial charge in [0.05, 0.1) is 6.10 Å². The van der Waals surface area contributed by atoms with E-state index in [1.807, 2.05) is 0 Å². The Bertz CT molecular complexity index is 294. The zero-order valence-electron chi connectivity index (χ0n) is 9.36. The molecule has 0 heterocycles. The van der Waals surface area contributed by atoms with Crippen molar-refractivity contribution in [3.05, 3.63) is 34.9 Å². The summed E-state index contributed by atoms with van der Waals surface area (Å²) in [6, 6.07) is 6.55. The fourth-order valence-electron chi connectivity index (χ4n) is 1.53. The van der Waals surface area contributed by atoms with Crippen molar-refractivity contribution >= 4 is 11.8 Å². The number of rotatable bonds is 5. The van der Waals surface area contributed by atoms with Crippen LogP contribution in [0.25, 0.3) is 0 Å². The van der Waals surface area contributed by atoms with E-state index in [0.717, 1.165) is 5.75 Å². The van der Waals surface area contributed by atoms with Gasteiger partial charge < -0.3 is 10.8 Å². The molecule has 84 valence electrons. The molecule has 3 heteroatoms. The summed E-state index contributed by atoms with van der Waals surface area (Å²) in [4.78, 5) is 0. The zero-order chi connectivity index (χ0) is 11.3. The van der Waals surface area contributed by atoms with Crippen LogP contribution in [0.4, 0.5) is 0 Å². The molecule has 0 spiro atoms. The van der Waals surface area contributed by atoms with E-state index in [1.54, 1.807) is 11.8 Å². The number of thioether (sulfide) groups is 1. The Hall–Kier alpha value is -0.510. The van der Waals surface area contributed by atoms with Crippen molar-refractivity contribution in [2.24, 2.45) is 5.73 Å². The van der Waals surface area contributed by atoms with Crippen molar-refractivity contribution in [2.75, 3.05) is 12.3 Å². The highest BCUT2D eigenvalue weighted by Gasteiger charge is 2.02. The second-order valence-corrected chi connectivity index (χ2v) is 4.93. The van der Waals surface area contributed by atoms with Crippen LogP contribution < -0.4 is 5.73 Å². The molecule has 1 aromatic carbocycles. The highest BCUT2D eigenvalue weighted by molar-refractivity contribution is 7.98. The Morgan fingerprint density at radius 1 is 1.27 bits per heavy atom. The molecule has 0 aliphatic rings. The SMILES string of the molecule is Cc1cc(C)cc(CSCC(O)CN)c1. The van der Waals surface area contributed by atoms with Crippen LogP contribution in [0.3, 0.4) is 0 Å². The first-order valence-electron chi connectivity index (χ1n) is 5.15. The Labute approximate surface area is 95.9 Å². The number of hydrogen-bond donors (Lipinski definition) is 2. The molecule has 0 amide bonds. The second kappa shape index (κ2) is 6.16. The number of nitrogens with two attached hydrogens (primary N) is 1. The Balaban J connectivity index is 2.43.